The fourth-order valence-corrected chi connectivity index (χ4v) is 4.40. The second kappa shape index (κ2) is 13.9. The summed E-state index contributed by atoms with van der Waals surface area (Å²) in [5.74, 6) is 0.308. The van der Waals surface area contributed by atoms with Gasteiger partial charge in [0.05, 0.1) is 0 Å². The lowest BCUT2D eigenvalue weighted by molar-refractivity contribution is -0.142. The molecule has 8 heteroatoms. The van der Waals surface area contributed by atoms with Crippen LogP contribution in [0.5, 0.6) is 5.75 Å². The summed E-state index contributed by atoms with van der Waals surface area (Å²) in [7, 11) is 0. The van der Waals surface area contributed by atoms with Crippen molar-refractivity contribution in [2.45, 2.75) is 32.9 Å². The Bertz CT molecular complexity index is 1160. The summed E-state index contributed by atoms with van der Waals surface area (Å²) in [6.07, 6.45) is 0.352. The molecule has 0 aliphatic carbocycles. The first-order valence-corrected chi connectivity index (χ1v) is 13.5. The maximum Gasteiger partial charge on any atom is 0.261 e. The molecule has 1 atom stereocenters. The molecule has 5 nitrogen and oxygen atoms in total. The minimum absolute atomic E-state index is 0.136. The van der Waals surface area contributed by atoms with Crippen molar-refractivity contribution >= 4 is 57.6 Å². The fraction of sp³-hybridized carbons (Fsp3) is 0.286. The van der Waals surface area contributed by atoms with Gasteiger partial charge in [-0.05, 0) is 76.0 Å². The standard InChI is InChI=1S/C28H29Cl2IN2O3/c1-19(2)16-32-28(35)26(14-20-6-4-3-5-7-20)33(17-21-8-9-22(29)15-25(21)30)27(34)18-36-24-12-10-23(31)11-13-24/h3-13,15,19,26H,14,16-18H2,1-2H3,(H,32,35)/t26-/m0/s1. The van der Waals surface area contributed by atoms with Crippen molar-refractivity contribution < 1.29 is 14.3 Å². The van der Waals surface area contributed by atoms with Crippen LogP contribution >= 0.6 is 45.8 Å². The van der Waals surface area contributed by atoms with Gasteiger partial charge >= 0.3 is 0 Å². The van der Waals surface area contributed by atoms with Gasteiger partial charge in [0.25, 0.3) is 5.91 Å². The van der Waals surface area contributed by atoms with Crippen LogP contribution in [0.1, 0.15) is 25.0 Å². The van der Waals surface area contributed by atoms with E-state index in [0.717, 1.165) is 9.13 Å². The summed E-state index contributed by atoms with van der Waals surface area (Å²) in [5, 5.41) is 3.93. The molecule has 0 heterocycles. The Morgan fingerprint density at radius 2 is 1.69 bits per heavy atom. The highest BCUT2D eigenvalue weighted by molar-refractivity contribution is 14.1. The first-order valence-electron chi connectivity index (χ1n) is 11.7. The number of rotatable bonds is 11. The summed E-state index contributed by atoms with van der Waals surface area (Å²) in [5.41, 5.74) is 1.64. The Hall–Kier alpha value is -2.29. The fourth-order valence-electron chi connectivity index (χ4n) is 3.57. The quantitative estimate of drug-likeness (QED) is 0.248. The zero-order chi connectivity index (χ0) is 26.1. The average molecular weight is 639 g/mol. The van der Waals surface area contributed by atoms with E-state index in [0.29, 0.717) is 34.3 Å². The van der Waals surface area contributed by atoms with Crippen LogP contribution < -0.4 is 10.1 Å². The molecule has 36 heavy (non-hydrogen) atoms. The predicted octanol–water partition coefficient (Wildman–Crippen LogP) is 6.39. The van der Waals surface area contributed by atoms with E-state index in [4.69, 9.17) is 27.9 Å². The van der Waals surface area contributed by atoms with Crippen molar-refractivity contribution in [1.82, 2.24) is 10.2 Å². The van der Waals surface area contributed by atoms with E-state index >= 15 is 0 Å². The molecule has 3 rings (SSSR count). The number of benzene rings is 3. The van der Waals surface area contributed by atoms with Gasteiger partial charge in [0, 0.05) is 33.1 Å². The molecule has 2 amide bonds. The third kappa shape index (κ3) is 8.68. The number of halogens is 3. The zero-order valence-corrected chi connectivity index (χ0v) is 23.9. The minimum Gasteiger partial charge on any atom is -0.484 e. The van der Waals surface area contributed by atoms with Gasteiger partial charge in [0.2, 0.25) is 5.91 Å². The highest BCUT2D eigenvalue weighted by Gasteiger charge is 2.31. The van der Waals surface area contributed by atoms with Crippen LogP contribution in [-0.4, -0.2) is 35.9 Å². The van der Waals surface area contributed by atoms with Gasteiger partial charge in [-0.2, -0.15) is 0 Å². The van der Waals surface area contributed by atoms with Crippen LogP contribution in [0.15, 0.2) is 72.8 Å². The monoisotopic (exact) mass is 638 g/mol. The average Bonchev–Trinajstić information content (AvgIpc) is 2.86. The van der Waals surface area contributed by atoms with Gasteiger partial charge in [-0.1, -0.05) is 73.4 Å². The zero-order valence-electron chi connectivity index (χ0n) is 20.2. The maximum absolute atomic E-state index is 13.6. The Morgan fingerprint density at radius 1 is 1.00 bits per heavy atom. The van der Waals surface area contributed by atoms with E-state index in [1.165, 1.54) is 0 Å². The number of carbonyl (C=O) groups is 2. The third-order valence-electron chi connectivity index (χ3n) is 5.49. The molecular weight excluding hydrogens is 610 g/mol. The maximum atomic E-state index is 13.6. The molecule has 0 spiro atoms. The number of hydrogen-bond acceptors (Lipinski definition) is 3. The first kappa shape index (κ1) is 28.3. The molecule has 1 N–H and O–H groups in total. The number of amides is 2. The summed E-state index contributed by atoms with van der Waals surface area (Å²) in [6.45, 7) is 4.48. The number of carbonyl (C=O) groups excluding carboxylic acids is 2. The van der Waals surface area contributed by atoms with E-state index in [1.54, 1.807) is 23.1 Å². The molecule has 0 fully saturated rings. The largest absolute Gasteiger partial charge is 0.484 e. The second-order valence-electron chi connectivity index (χ2n) is 8.84. The molecule has 0 saturated heterocycles. The molecule has 3 aromatic rings. The second-order valence-corrected chi connectivity index (χ2v) is 10.9. The Morgan fingerprint density at radius 3 is 2.33 bits per heavy atom. The SMILES string of the molecule is CC(C)CNC(=O)[C@H](Cc1ccccc1)N(Cc1ccc(Cl)cc1Cl)C(=O)COc1ccc(I)cc1. The van der Waals surface area contributed by atoms with Gasteiger partial charge < -0.3 is 15.0 Å². The van der Waals surface area contributed by atoms with Crippen molar-refractivity contribution in [3.8, 4) is 5.75 Å². The third-order valence-corrected chi connectivity index (χ3v) is 6.79. The van der Waals surface area contributed by atoms with Crippen LogP contribution in [0.25, 0.3) is 0 Å². The van der Waals surface area contributed by atoms with Crippen LogP contribution in [0.3, 0.4) is 0 Å². The number of hydrogen-bond donors (Lipinski definition) is 1. The normalized spacial score (nSPS) is 11.7. The van der Waals surface area contributed by atoms with Crippen LogP contribution in [0, 0.1) is 9.49 Å². The van der Waals surface area contributed by atoms with E-state index in [2.05, 4.69) is 27.9 Å². The molecule has 0 aromatic heterocycles. The summed E-state index contributed by atoms with van der Waals surface area (Å²) in [6, 6.07) is 21.5. The molecular formula is C28H29Cl2IN2O3. The van der Waals surface area contributed by atoms with Crippen LogP contribution in [-0.2, 0) is 22.6 Å². The minimum atomic E-state index is -0.759. The van der Waals surface area contributed by atoms with Gasteiger partial charge in [0.15, 0.2) is 6.61 Å². The van der Waals surface area contributed by atoms with Gasteiger partial charge in [-0.3, -0.25) is 9.59 Å². The number of nitrogens with zero attached hydrogens (tertiary/aromatic N) is 1. The van der Waals surface area contributed by atoms with Crippen molar-refractivity contribution in [3.63, 3.8) is 0 Å². The van der Waals surface area contributed by atoms with E-state index in [1.807, 2.05) is 68.4 Å². The van der Waals surface area contributed by atoms with E-state index in [9.17, 15) is 9.59 Å². The lowest BCUT2D eigenvalue weighted by Crippen LogP contribution is -2.52. The van der Waals surface area contributed by atoms with Crippen molar-refractivity contribution in [3.05, 3.63) is 97.5 Å². The van der Waals surface area contributed by atoms with Crippen molar-refractivity contribution in [1.29, 1.82) is 0 Å². The molecule has 0 aliphatic heterocycles. The van der Waals surface area contributed by atoms with Gasteiger partial charge in [-0.25, -0.2) is 0 Å². The lowest BCUT2D eigenvalue weighted by Gasteiger charge is -2.32. The van der Waals surface area contributed by atoms with E-state index < -0.39 is 6.04 Å². The summed E-state index contributed by atoms with van der Waals surface area (Å²) >= 11 is 14.8. The van der Waals surface area contributed by atoms with Crippen molar-refractivity contribution in [2.24, 2.45) is 5.92 Å². The van der Waals surface area contributed by atoms with Crippen LogP contribution in [0.4, 0.5) is 0 Å². The van der Waals surface area contributed by atoms with E-state index in [-0.39, 0.29) is 30.9 Å². The van der Waals surface area contributed by atoms with Gasteiger partial charge in [-0.15, -0.1) is 0 Å². The predicted molar refractivity (Wildman–Crippen MR) is 153 cm³/mol. The topological polar surface area (TPSA) is 58.6 Å². The molecule has 3 aromatic carbocycles. The summed E-state index contributed by atoms with van der Waals surface area (Å²) in [4.78, 5) is 28.6. The number of ether oxygens (including phenoxy) is 1. The summed E-state index contributed by atoms with van der Waals surface area (Å²) < 4.78 is 6.85. The lowest BCUT2D eigenvalue weighted by atomic mass is 10.0. The molecule has 0 bridgehead atoms. The highest BCUT2D eigenvalue weighted by Crippen LogP contribution is 2.24. The molecule has 0 saturated carbocycles. The van der Waals surface area contributed by atoms with Gasteiger partial charge in [0.1, 0.15) is 11.8 Å². The van der Waals surface area contributed by atoms with Crippen LogP contribution in [0.2, 0.25) is 10.0 Å². The molecule has 0 aliphatic rings. The molecule has 190 valence electrons. The first-order chi connectivity index (χ1) is 17.2. The number of nitrogens with one attached hydrogen (secondary N) is 1. The highest BCUT2D eigenvalue weighted by atomic mass is 127. The Labute approximate surface area is 236 Å². The molecule has 0 radical (unpaired) electrons. The van der Waals surface area contributed by atoms with Crippen molar-refractivity contribution in [2.75, 3.05) is 13.2 Å². The Kier molecular flexibility index (Phi) is 10.9. The smallest absolute Gasteiger partial charge is 0.261 e. The molecule has 0 unspecified atom stereocenters. The Balaban J connectivity index is 1.92.